The normalized spacial score (nSPS) is 20.0. The highest BCUT2D eigenvalue weighted by Gasteiger charge is 2.51. The standard InChI is InChI=1S/C16H21F3N2O/c1-11-4-6-12(7-5-11)8-9-13(16(17,18)19)21-15(2,3)10-14(22)20-21/h4-7,13H,8-10H2,1-3H3,(H,20,22)/t13-/m0/s1. The van der Waals surface area contributed by atoms with Crippen LogP contribution < -0.4 is 5.43 Å². The van der Waals surface area contributed by atoms with Gasteiger partial charge in [0, 0.05) is 12.0 Å². The molecule has 1 saturated heterocycles. The number of halogens is 3. The van der Waals surface area contributed by atoms with Crippen molar-refractivity contribution < 1.29 is 18.0 Å². The van der Waals surface area contributed by atoms with Crippen LogP contribution in [0.5, 0.6) is 0 Å². The van der Waals surface area contributed by atoms with Gasteiger partial charge in [-0.05, 0) is 39.2 Å². The molecule has 1 heterocycles. The van der Waals surface area contributed by atoms with E-state index in [9.17, 15) is 18.0 Å². The van der Waals surface area contributed by atoms with Crippen molar-refractivity contribution in [3.8, 4) is 0 Å². The smallest absolute Gasteiger partial charge is 0.288 e. The molecule has 1 amide bonds. The van der Waals surface area contributed by atoms with Gasteiger partial charge in [0.1, 0.15) is 6.04 Å². The van der Waals surface area contributed by atoms with Gasteiger partial charge in [-0.1, -0.05) is 29.8 Å². The third kappa shape index (κ3) is 3.80. The summed E-state index contributed by atoms with van der Waals surface area (Å²) in [5.41, 5.74) is 3.47. The molecule has 0 radical (unpaired) electrons. The Bertz CT molecular complexity index is 537. The minimum Gasteiger partial charge on any atom is -0.288 e. The van der Waals surface area contributed by atoms with E-state index >= 15 is 0 Å². The monoisotopic (exact) mass is 314 g/mol. The molecule has 1 fully saturated rings. The van der Waals surface area contributed by atoms with E-state index in [1.807, 2.05) is 31.2 Å². The first-order chi connectivity index (χ1) is 10.1. The molecule has 0 aromatic heterocycles. The molecule has 0 spiro atoms. The van der Waals surface area contributed by atoms with Crippen molar-refractivity contribution in [3.63, 3.8) is 0 Å². The molecule has 2 rings (SSSR count). The zero-order chi connectivity index (χ0) is 16.5. The molecule has 1 aromatic rings. The van der Waals surface area contributed by atoms with Crippen LogP contribution in [0, 0.1) is 6.92 Å². The maximum Gasteiger partial charge on any atom is 0.405 e. The summed E-state index contributed by atoms with van der Waals surface area (Å²) < 4.78 is 40.2. The molecule has 0 aliphatic carbocycles. The lowest BCUT2D eigenvalue weighted by molar-refractivity contribution is -0.202. The molecule has 1 N–H and O–H groups in total. The highest BCUT2D eigenvalue weighted by molar-refractivity contribution is 5.78. The van der Waals surface area contributed by atoms with E-state index < -0.39 is 17.8 Å². The lowest BCUT2D eigenvalue weighted by atomic mass is 9.97. The molecule has 1 aliphatic rings. The Hall–Kier alpha value is -1.56. The first-order valence-electron chi connectivity index (χ1n) is 7.31. The average Bonchev–Trinajstić information content (AvgIpc) is 2.63. The van der Waals surface area contributed by atoms with Gasteiger partial charge in [-0.2, -0.15) is 13.2 Å². The zero-order valence-corrected chi connectivity index (χ0v) is 13.0. The van der Waals surface area contributed by atoms with E-state index in [1.54, 1.807) is 13.8 Å². The number of rotatable bonds is 4. The number of amides is 1. The number of benzene rings is 1. The van der Waals surface area contributed by atoms with Crippen LogP contribution in [0.2, 0.25) is 0 Å². The lowest BCUT2D eigenvalue weighted by Crippen LogP contribution is -2.56. The van der Waals surface area contributed by atoms with Gasteiger partial charge in [-0.3, -0.25) is 10.2 Å². The fraction of sp³-hybridized carbons (Fsp3) is 0.562. The summed E-state index contributed by atoms with van der Waals surface area (Å²) in [7, 11) is 0. The van der Waals surface area contributed by atoms with Gasteiger partial charge in [-0.15, -0.1) is 0 Å². The maximum absolute atomic E-state index is 13.4. The summed E-state index contributed by atoms with van der Waals surface area (Å²) in [4.78, 5) is 11.5. The molecule has 1 aromatic carbocycles. The number of nitrogens with one attached hydrogen (secondary N) is 1. The van der Waals surface area contributed by atoms with Crippen LogP contribution in [0.15, 0.2) is 24.3 Å². The van der Waals surface area contributed by atoms with Gasteiger partial charge in [0.25, 0.3) is 0 Å². The van der Waals surface area contributed by atoms with Crippen LogP contribution in [0.3, 0.4) is 0 Å². The topological polar surface area (TPSA) is 32.3 Å². The summed E-state index contributed by atoms with van der Waals surface area (Å²) in [5.74, 6) is -0.366. The quantitative estimate of drug-likeness (QED) is 0.924. The molecule has 22 heavy (non-hydrogen) atoms. The Balaban J connectivity index is 2.14. The number of aryl methyl sites for hydroxylation is 2. The predicted octanol–water partition coefficient (Wildman–Crippen LogP) is 3.37. The molecule has 1 aliphatic heterocycles. The summed E-state index contributed by atoms with van der Waals surface area (Å²) in [6.07, 6.45) is -4.09. The Morgan fingerprint density at radius 1 is 1.27 bits per heavy atom. The van der Waals surface area contributed by atoms with Crippen molar-refractivity contribution in [2.24, 2.45) is 0 Å². The predicted molar refractivity (Wildman–Crippen MR) is 78.0 cm³/mol. The third-order valence-corrected chi connectivity index (χ3v) is 4.01. The number of nitrogens with zero attached hydrogens (tertiary/aromatic N) is 1. The van der Waals surface area contributed by atoms with Crippen LogP contribution >= 0.6 is 0 Å². The van der Waals surface area contributed by atoms with Gasteiger partial charge in [0.05, 0.1) is 0 Å². The number of carbonyl (C=O) groups is 1. The van der Waals surface area contributed by atoms with Gasteiger partial charge >= 0.3 is 6.18 Å². The SMILES string of the molecule is Cc1ccc(CC[C@H](N2NC(=O)CC2(C)C)C(F)(F)F)cc1. The summed E-state index contributed by atoms with van der Waals surface area (Å²) >= 11 is 0. The molecular weight excluding hydrogens is 293 g/mol. The van der Waals surface area contributed by atoms with E-state index in [1.165, 1.54) is 0 Å². The van der Waals surface area contributed by atoms with Crippen molar-refractivity contribution in [3.05, 3.63) is 35.4 Å². The van der Waals surface area contributed by atoms with Gasteiger partial charge in [0.2, 0.25) is 5.91 Å². The van der Waals surface area contributed by atoms with Crippen LogP contribution in [-0.4, -0.2) is 28.7 Å². The zero-order valence-electron chi connectivity index (χ0n) is 13.0. The molecule has 0 saturated carbocycles. The Morgan fingerprint density at radius 2 is 1.86 bits per heavy atom. The third-order valence-electron chi connectivity index (χ3n) is 4.01. The second-order valence-corrected chi connectivity index (χ2v) is 6.48. The molecule has 3 nitrogen and oxygen atoms in total. The van der Waals surface area contributed by atoms with E-state index in [0.29, 0.717) is 6.42 Å². The van der Waals surface area contributed by atoms with E-state index in [2.05, 4.69) is 5.43 Å². The summed E-state index contributed by atoms with van der Waals surface area (Å²) in [5, 5.41) is 1.07. The number of hydrogen-bond donors (Lipinski definition) is 1. The van der Waals surface area contributed by atoms with Gasteiger partial charge in [0.15, 0.2) is 0 Å². The summed E-state index contributed by atoms with van der Waals surface area (Å²) in [6.45, 7) is 5.23. The van der Waals surface area contributed by atoms with Crippen molar-refractivity contribution in [1.82, 2.24) is 10.4 Å². The largest absolute Gasteiger partial charge is 0.405 e. The first-order valence-corrected chi connectivity index (χ1v) is 7.31. The van der Waals surface area contributed by atoms with Crippen molar-refractivity contribution >= 4 is 5.91 Å². The molecule has 0 unspecified atom stereocenters. The number of alkyl halides is 3. The van der Waals surface area contributed by atoms with Crippen LogP contribution in [0.1, 0.15) is 37.8 Å². The van der Waals surface area contributed by atoms with Gasteiger partial charge in [-0.25, -0.2) is 5.01 Å². The van der Waals surface area contributed by atoms with Gasteiger partial charge < -0.3 is 0 Å². The Kier molecular flexibility index (Phi) is 4.52. The highest BCUT2D eigenvalue weighted by Crippen LogP contribution is 2.35. The molecule has 122 valence electrons. The van der Waals surface area contributed by atoms with E-state index in [0.717, 1.165) is 16.1 Å². The molecule has 0 bridgehead atoms. The second-order valence-electron chi connectivity index (χ2n) is 6.48. The van der Waals surface area contributed by atoms with Crippen LogP contribution in [0.4, 0.5) is 13.2 Å². The second kappa shape index (κ2) is 5.91. The van der Waals surface area contributed by atoms with Crippen molar-refractivity contribution in [2.45, 2.75) is 57.8 Å². The van der Waals surface area contributed by atoms with Crippen molar-refractivity contribution in [1.29, 1.82) is 0 Å². The fourth-order valence-electron chi connectivity index (χ4n) is 2.80. The minimum absolute atomic E-state index is 0.0735. The van der Waals surface area contributed by atoms with E-state index in [4.69, 9.17) is 0 Å². The van der Waals surface area contributed by atoms with E-state index in [-0.39, 0.29) is 18.7 Å². The first kappa shape index (κ1) is 16.8. The maximum atomic E-state index is 13.4. The molecular formula is C16H21F3N2O. The van der Waals surface area contributed by atoms with Crippen molar-refractivity contribution in [2.75, 3.05) is 0 Å². The molecule has 6 heteroatoms. The number of hydrogen-bond acceptors (Lipinski definition) is 2. The average molecular weight is 314 g/mol. The summed E-state index contributed by atoms with van der Waals surface area (Å²) in [6, 6.07) is 5.78. The number of carbonyl (C=O) groups excluding carboxylic acids is 1. The van der Waals surface area contributed by atoms with Crippen LogP contribution in [0.25, 0.3) is 0 Å². The lowest BCUT2D eigenvalue weighted by Gasteiger charge is -2.37. The Labute approximate surface area is 128 Å². The molecule has 1 atom stereocenters. The highest BCUT2D eigenvalue weighted by atomic mass is 19.4. The Morgan fingerprint density at radius 3 is 2.32 bits per heavy atom. The van der Waals surface area contributed by atoms with Crippen LogP contribution in [-0.2, 0) is 11.2 Å². The minimum atomic E-state index is -4.39. The number of hydrazine groups is 1. The fourth-order valence-corrected chi connectivity index (χ4v) is 2.80.